The Labute approximate surface area is 129 Å². The maximum Gasteiger partial charge on any atom is 0.269 e. The highest BCUT2D eigenvalue weighted by Crippen LogP contribution is 2.17. The molecule has 0 atom stereocenters. The molecule has 0 amide bonds. The minimum Gasteiger partial charge on any atom is -0.469 e. The Kier molecular flexibility index (Phi) is 4.05. The van der Waals surface area contributed by atoms with E-state index in [-0.39, 0.29) is 18.1 Å². The lowest BCUT2D eigenvalue weighted by molar-refractivity contribution is -0.114. The lowest BCUT2D eigenvalue weighted by Gasteiger charge is -2.02. The Morgan fingerprint density at radius 1 is 1.26 bits per heavy atom. The number of carbonyl (C=O) groups is 2. The zero-order chi connectivity index (χ0) is 16.2. The highest BCUT2D eigenvalue weighted by atomic mass is 19.1. The Bertz CT molecular complexity index is 842. The minimum atomic E-state index is -0.823. The summed E-state index contributed by atoms with van der Waals surface area (Å²) >= 11 is 0. The molecular weight excluding hydrogens is 303 g/mol. The Morgan fingerprint density at radius 2 is 2.13 bits per heavy atom. The highest BCUT2D eigenvalue weighted by molar-refractivity contribution is 6.43. The number of benzene rings is 1. The molecule has 1 N–H and O–H groups in total. The van der Waals surface area contributed by atoms with Gasteiger partial charge in [-0.2, -0.15) is 5.21 Å². The first-order valence-electron chi connectivity index (χ1n) is 6.74. The number of carbonyl (C=O) groups excluding carboxylic acids is 2. The van der Waals surface area contributed by atoms with E-state index in [1.54, 1.807) is 18.2 Å². The molecule has 0 spiro atoms. The van der Waals surface area contributed by atoms with E-state index < -0.39 is 11.6 Å². The number of halogens is 1. The van der Waals surface area contributed by atoms with Crippen LogP contribution in [0.25, 0.3) is 0 Å². The molecule has 0 aliphatic heterocycles. The fourth-order valence-corrected chi connectivity index (χ4v) is 2.15. The molecule has 0 radical (unpaired) electrons. The average molecular weight is 314 g/mol. The molecule has 2 aromatic heterocycles. The van der Waals surface area contributed by atoms with Crippen LogP contribution in [0.2, 0.25) is 0 Å². The average Bonchev–Trinajstić information content (AvgIpc) is 3.19. The zero-order valence-electron chi connectivity index (χ0n) is 11.8. The molecule has 116 valence electrons. The normalized spacial score (nSPS) is 10.7. The number of aromatic nitrogens is 4. The van der Waals surface area contributed by atoms with E-state index in [2.05, 4.69) is 20.6 Å². The van der Waals surface area contributed by atoms with E-state index in [4.69, 9.17) is 4.42 Å². The van der Waals surface area contributed by atoms with Crippen LogP contribution >= 0.6 is 0 Å². The topological polar surface area (TPSA) is 102 Å². The van der Waals surface area contributed by atoms with Gasteiger partial charge in [0.25, 0.3) is 5.78 Å². The third-order valence-electron chi connectivity index (χ3n) is 3.24. The minimum absolute atomic E-state index is 0.144. The molecule has 0 unspecified atom stereocenters. The van der Waals surface area contributed by atoms with Gasteiger partial charge in [-0.3, -0.25) is 9.59 Å². The van der Waals surface area contributed by atoms with E-state index in [1.165, 1.54) is 18.4 Å². The number of Topliss-reactive ketones (excluding diaryl/α,β-unsaturated/α-hetero) is 2. The molecular formula is C15H11FN4O3. The van der Waals surface area contributed by atoms with Gasteiger partial charge < -0.3 is 4.42 Å². The molecule has 0 bridgehead atoms. The maximum absolute atomic E-state index is 13.2. The molecule has 0 fully saturated rings. The second-order valence-corrected chi connectivity index (χ2v) is 4.84. The van der Waals surface area contributed by atoms with Crippen molar-refractivity contribution in [1.29, 1.82) is 0 Å². The van der Waals surface area contributed by atoms with Crippen LogP contribution in [-0.2, 0) is 17.6 Å². The Balaban J connectivity index is 1.73. The van der Waals surface area contributed by atoms with Crippen molar-refractivity contribution in [3.05, 3.63) is 65.1 Å². The number of furan rings is 1. The standard InChI is InChI=1S/C15H11FN4O3/c16-11-3-1-2-9(6-11)7-13-10(4-5-23-13)8-12(21)14(22)15-17-19-20-18-15/h1-6H,7-8H2,(H,17,18,19,20). The molecule has 0 saturated heterocycles. The van der Waals surface area contributed by atoms with Gasteiger partial charge in [-0.25, -0.2) is 4.39 Å². The number of aromatic amines is 1. The van der Waals surface area contributed by atoms with Crippen molar-refractivity contribution in [2.24, 2.45) is 0 Å². The van der Waals surface area contributed by atoms with Gasteiger partial charge in [0.1, 0.15) is 11.6 Å². The molecule has 2 heterocycles. The second kappa shape index (κ2) is 6.30. The van der Waals surface area contributed by atoms with Gasteiger partial charge in [0.2, 0.25) is 11.6 Å². The van der Waals surface area contributed by atoms with Crippen LogP contribution in [0.5, 0.6) is 0 Å². The first kappa shape index (κ1) is 14.8. The number of ketones is 2. The van der Waals surface area contributed by atoms with Gasteiger partial charge in [-0.15, -0.1) is 10.2 Å². The largest absolute Gasteiger partial charge is 0.469 e. The van der Waals surface area contributed by atoms with Crippen LogP contribution in [-0.4, -0.2) is 32.2 Å². The van der Waals surface area contributed by atoms with Gasteiger partial charge in [0, 0.05) is 18.4 Å². The summed E-state index contributed by atoms with van der Waals surface area (Å²) in [6.07, 6.45) is 1.61. The maximum atomic E-state index is 13.2. The summed E-state index contributed by atoms with van der Waals surface area (Å²) in [4.78, 5) is 23.8. The summed E-state index contributed by atoms with van der Waals surface area (Å²) in [7, 11) is 0. The third kappa shape index (κ3) is 3.37. The van der Waals surface area contributed by atoms with Crippen molar-refractivity contribution in [2.45, 2.75) is 12.8 Å². The number of rotatable bonds is 6. The highest BCUT2D eigenvalue weighted by Gasteiger charge is 2.22. The molecule has 3 aromatic rings. The number of hydrogen-bond acceptors (Lipinski definition) is 6. The fourth-order valence-electron chi connectivity index (χ4n) is 2.15. The van der Waals surface area contributed by atoms with E-state index in [1.807, 2.05) is 0 Å². The number of hydrogen-bond donors (Lipinski definition) is 1. The molecule has 8 heteroatoms. The lowest BCUT2D eigenvalue weighted by Crippen LogP contribution is -2.18. The van der Waals surface area contributed by atoms with Gasteiger partial charge in [0.15, 0.2) is 0 Å². The first-order chi connectivity index (χ1) is 11.1. The van der Waals surface area contributed by atoms with Crippen molar-refractivity contribution in [3.63, 3.8) is 0 Å². The first-order valence-corrected chi connectivity index (χ1v) is 6.74. The van der Waals surface area contributed by atoms with E-state index in [0.717, 1.165) is 0 Å². The van der Waals surface area contributed by atoms with Crippen molar-refractivity contribution in [3.8, 4) is 0 Å². The van der Waals surface area contributed by atoms with Crippen LogP contribution < -0.4 is 0 Å². The fraction of sp³-hybridized carbons (Fsp3) is 0.133. The van der Waals surface area contributed by atoms with Gasteiger partial charge >= 0.3 is 0 Å². The van der Waals surface area contributed by atoms with Gasteiger partial charge in [0.05, 0.1) is 6.26 Å². The summed E-state index contributed by atoms with van der Waals surface area (Å²) in [6.45, 7) is 0. The quantitative estimate of drug-likeness (QED) is 0.546. The summed E-state index contributed by atoms with van der Waals surface area (Å²) in [5.41, 5.74) is 1.27. The van der Waals surface area contributed by atoms with Crippen LogP contribution in [0.4, 0.5) is 4.39 Å². The molecule has 1 aromatic carbocycles. The van der Waals surface area contributed by atoms with Crippen molar-refractivity contribution in [1.82, 2.24) is 20.6 Å². The summed E-state index contributed by atoms with van der Waals surface area (Å²) < 4.78 is 18.6. The van der Waals surface area contributed by atoms with Gasteiger partial charge in [-0.1, -0.05) is 12.1 Å². The van der Waals surface area contributed by atoms with E-state index in [9.17, 15) is 14.0 Å². The van der Waals surface area contributed by atoms with Crippen LogP contribution in [0.15, 0.2) is 41.0 Å². The molecule has 3 rings (SSSR count). The molecule has 7 nitrogen and oxygen atoms in total. The SMILES string of the molecule is O=C(Cc1ccoc1Cc1cccc(F)c1)C(=O)c1nn[nH]n1. The van der Waals surface area contributed by atoms with E-state index in [0.29, 0.717) is 23.3 Å². The van der Waals surface area contributed by atoms with Gasteiger partial charge in [-0.05, 0) is 29.0 Å². The molecule has 23 heavy (non-hydrogen) atoms. The van der Waals surface area contributed by atoms with E-state index >= 15 is 0 Å². The predicted molar refractivity (Wildman–Crippen MR) is 75.1 cm³/mol. The second-order valence-electron chi connectivity index (χ2n) is 4.84. The molecule has 0 aliphatic carbocycles. The van der Waals surface area contributed by atoms with Crippen LogP contribution in [0, 0.1) is 5.82 Å². The van der Waals surface area contributed by atoms with Crippen molar-refractivity contribution in [2.75, 3.05) is 0 Å². The third-order valence-corrected chi connectivity index (χ3v) is 3.24. The number of nitrogens with zero attached hydrogens (tertiary/aromatic N) is 3. The lowest BCUT2D eigenvalue weighted by atomic mass is 10.0. The summed E-state index contributed by atoms with van der Waals surface area (Å²) in [5, 5.41) is 12.3. The molecule has 0 saturated carbocycles. The van der Waals surface area contributed by atoms with Crippen molar-refractivity contribution < 1.29 is 18.4 Å². The summed E-state index contributed by atoms with van der Waals surface area (Å²) in [6, 6.07) is 7.69. The van der Waals surface area contributed by atoms with Crippen LogP contribution in [0.3, 0.4) is 0 Å². The monoisotopic (exact) mass is 314 g/mol. The van der Waals surface area contributed by atoms with Crippen molar-refractivity contribution >= 4 is 11.6 Å². The Morgan fingerprint density at radius 3 is 2.87 bits per heavy atom. The Hall–Kier alpha value is -3.16. The number of nitrogens with one attached hydrogen (secondary N) is 1. The zero-order valence-corrected chi connectivity index (χ0v) is 11.8. The molecule has 0 aliphatic rings. The number of H-pyrrole nitrogens is 1. The summed E-state index contributed by atoms with van der Waals surface area (Å²) in [5.74, 6) is -1.61. The number of tetrazole rings is 1. The smallest absolute Gasteiger partial charge is 0.269 e. The predicted octanol–water partition coefficient (Wildman–Crippen LogP) is 1.52. The van der Waals surface area contributed by atoms with Crippen LogP contribution in [0.1, 0.15) is 27.5 Å².